The van der Waals surface area contributed by atoms with Gasteiger partial charge in [0, 0.05) is 12.1 Å². The van der Waals surface area contributed by atoms with E-state index in [0.717, 1.165) is 0 Å². The molecule has 0 aliphatic rings. The van der Waals surface area contributed by atoms with Crippen LogP contribution in [0.1, 0.15) is 10.6 Å². The first-order valence-corrected chi connectivity index (χ1v) is 5.30. The first-order valence-electron chi connectivity index (χ1n) is 4.77. The number of aromatic nitrogens is 2. The standard InChI is InChI=1S/C10H8ClN3O3/c1-6-12-8-4-7(14(16)17)2-3-9(8)13(6)10(15)5-11/h2-4H,5H2,1H3. The lowest BCUT2D eigenvalue weighted by Gasteiger charge is -2.01. The normalized spacial score (nSPS) is 10.7. The van der Waals surface area contributed by atoms with Crippen LogP contribution in [-0.4, -0.2) is 26.3 Å². The molecular formula is C10H8ClN3O3. The predicted molar refractivity (Wildman–Crippen MR) is 62.5 cm³/mol. The summed E-state index contributed by atoms with van der Waals surface area (Å²) in [5.41, 5.74) is 0.884. The third kappa shape index (κ3) is 1.87. The Morgan fingerprint density at radius 3 is 2.88 bits per heavy atom. The molecule has 0 saturated carbocycles. The Bertz CT molecular complexity index is 621. The molecule has 1 aromatic heterocycles. The quantitative estimate of drug-likeness (QED) is 0.467. The highest BCUT2D eigenvalue weighted by molar-refractivity contribution is 6.28. The van der Waals surface area contributed by atoms with E-state index >= 15 is 0 Å². The van der Waals surface area contributed by atoms with Crippen LogP contribution in [0.15, 0.2) is 18.2 Å². The van der Waals surface area contributed by atoms with E-state index in [4.69, 9.17) is 11.6 Å². The van der Waals surface area contributed by atoms with Gasteiger partial charge in [-0.2, -0.15) is 0 Å². The first kappa shape index (κ1) is 11.5. The summed E-state index contributed by atoms with van der Waals surface area (Å²) in [6, 6.07) is 4.17. The van der Waals surface area contributed by atoms with Crippen molar-refractivity contribution in [2.45, 2.75) is 6.92 Å². The number of nitro benzene ring substituents is 1. The highest BCUT2D eigenvalue weighted by Gasteiger charge is 2.15. The summed E-state index contributed by atoms with van der Waals surface area (Å²) in [5, 5.41) is 10.6. The molecule has 0 aliphatic heterocycles. The Balaban J connectivity index is 2.68. The summed E-state index contributed by atoms with van der Waals surface area (Å²) in [7, 11) is 0. The lowest BCUT2D eigenvalue weighted by atomic mass is 10.3. The van der Waals surface area contributed by atoms with Crippen LogP contribution in [0, 0.1) is 17.0 Å². The van der Waals surface area contributed by atoms with Gasteiger partial charge in [0.1, 0.15) is 11.7 Å². The molecule has 0 radical (unpaired) electrons. The molecule has 0 unspecified atom stereocenters. The monoisotopic (exact) mass is 253 g/mol. The molecule has 7 heteroatoms. The minimum absolute atomic E-state index is 0.0551. The highest BCUT2D eigenvalue weighted by atomic mass is 35.5. The molecule has 0 amide bonds. The largest absolute Gasteiger partial charge is 0.273 e. The number of alkyl halides is 1. The zero-order valence-electron chi connectivity index (χ0n) is 8.88. The summed E-state index contributed by atoms with van der Waals surface area (Å²) in [5.74, 6) is -0.00445. The summed E-state index contributed by atoms with van der Waals surface area (Å²) in [6.07, 6.45) is 0. The van der Waals surface area contributed by atoms with Crippen molar-refractivity contribution in [3.05, 3.63) is 34.1 Å². The molecular weight excluding hydrogens is 246 g/mol. The lowest BCUT2D eigenvalue weighted by molar-refractivity contribution is -0.384. The Hall–Kier alpha value is -1.95. The molecule has 2 aromatic rings. The third-order valence-electron chi connectivity index (χ3n) is 2.38. The van der Waals surface area contributed by atoms with E-state index in [1.165, 1.54) is 22.8 Å². The second-order valence-corrected chi connectivity index (χ2v) is 3.72. The van der Waals surface area contributed by atoms with Crippen LogP contribution >= 0.6 is 11.6 Å². The van der Waals surface area contributed by atoms with Crippen molar-refractivity contribution in [2.24, 2.45) is 0 Å². The van der Waals surface area contributed by atoms with Gasteiger partial charge in [-0.1, -0.05) is 0 Å². The molecule has 1 heterocycles. The van der Waals surface area contributed by atoms with Gasteiger partial charge in [0.05, 0.1) is 16.0 Å². The molecule has 2 rings (SSSR count). The van der Waals surface area contributed by atoms with Crippen LogP contribution in [0.3, 0.4) is 0 Å². The number of carbonyl (C=O) groups is 1. The number of aryl methyl sites for hydroxylation is 1. The van der Waals surface area contributed by atoms with Gasteiger partial charge in [-0.25, -0.2) is 4.98 Å². The van der Waals surface area contributed by atoms with Crippen LogP contribution in [-0.2, 0) is 0 Å². The van der Waals surface area contributed by atoms with Crippen molar-refractivity contribution < 1.29 is 9.72 Å². The topological polar surface area (TPSA) is 78.0 Å². The highest BCUT2D eigenvalue weighted by Crippen LogP contribution is 2.21. The number of benzene rings is 1. The average Bonchev–Trinajstić information content (AvgIpc) is 2.62. The molecule has 0 spiro atoms. The van der Waals surface area contributed by atoms with Crippen molar-refractivity contribution in [2.75, 3.05) is 5.88 Å². The maximum absolute atomic E-state index is 11.6. The number of halogens is 1. The fourth-order valence-electron chi connectivity index (χ4n) is 1.68. The SMILES string of the molecule is Cc1nc2cc([N+](=O)[O-])ccc2n1C(=O)CCl. The van der Waals surface area contributed by atoms with Gasteiger partial charge in [-0.3, -0.25) is 19.5 Å². The molecule has 0 atom stereocenters. The molecule has 0 aliphatic carbocycles. The molecule has 0 saturated heterocycles. The number of carbonyl (C=O) groups excluding carboxylic acids is 1. The van der Waals surface area contributed by atoms with Crippen LogP contribution < -0.4 is 0 Å². The van der Waals surface area contributed by atoms with Crippen molar-refractivity contribution in [1.82, 2.24) is 9.55 Å². The van der Waals surface area contributed by atoms with Crippen molar-refractivity contribution >= 4 is 34.2 Å². The number of nitro groups is 1. The Morgan fingerprint density at radius 2 is 2.29 bits per heavy atom. The van der Waals surface area contributed by atoms with E-state index in [1.54, 1.807) is 6.92 Å². The van der Waals surface area contributed by atoms with E-state index in [-0.39, 0.29) is 17.5 Å². The van der Waals surface area contributed by atoms with Crippen LogP contribution in [0.4, 0.5) is 5.69 Å². The van der Waals surface area contributed by atoms with Gasteiger partial charge in [0.15, 0.2) is 0 Å². The van der Waals surface area contributed by atoms with E-state index < -0.39 is 4.92 Å². The van der Waals surface area contributed by atoms with E-state index in [9.17, 15) is 14.9 Å². The zero-order chi connectivity index (χ0) is 12.6. The molecule has 88 valence electrons. The summed E-state index contributed by atoms with van der Waals surface area (Å²) in [6.45, 7) is 1.65. The Morgan fingerprint density at radius 1 is 1.59 bits per heavy atom. The number of rotatable bonds is 2. The molecule has 0 fully saturated rings. The summed E-state index contributed by atoms with van der Waals surface area (Å²) >= 11 is 5.49. The molecule has 0 N–H and O–H groups in total. The van der Waals surface area contributed by atoms with Crippen molar-refractivity contribution in [3.8, 4) is 0 Å². The lowest BCUT2D eigenvalue weighted by Crippen LogP contribution is -2.13. The summed E-state index contributed by atoms with van der Waals surface area (Å²) < 4.78 is 1.35. The van der Waals surface area contributed by atoms with Gasteiger partial charge < -0.3 is 0 Å². The Kier molecular flexibility index (Phi) is 2.81. The second-order valence-electron chi connectivity index (χ2n) is 3.45. The number of imidazole rings is 1. The fraction of sp³-hybridized carbons (Fsp3) is 0.200. The minimum Gasteiger partial charge on any atom is -0.273 e. The van der Waals surface area contributed by atoms with Crippen molar-refractivity contribution in [1.29, 1.82) is 0 Å². The third-order valence-corrected chi connectivity index (χ3v) is 2.61. The van der Waals surface area contributed by atoms with Crippen LogP contribution in [0.5, 0.6) is 0 Å². The molecule has 6 nitrogen and oxygen atoms in total. The number of hydrogen-bond donors (Lipinski definition) is 0. The van der Waals surface area contributed by atoms with Crippen molar-refractivity contribution in [3.63, 3.8) is 0 Å². The first-order chi connectivity index (χ1) is 8.04. The second kappa shape index (κ2) is 4.14. The van der Waals surface area contributed by atoms with Crippen LogP contribution in [0.2, 0.25) is 0 Å². The molecule has 0 bridgehead atoms. The number of fused-ring (bicyclic) bond motifs is 1. The minimum atomic E-state index is -0.503. The molecule has 1 aromatic carbocycles. The van der Waals surface area contributed by atoms with Gasteiger partial charge >= 0.3 is 0 Å². The fourth-order valence-corrected chi connectivity index (χ4v) is 1.80. The maximum Gasteiger partial charge on any atom is 0.271 e. The number of nitrogens with zero attached hydrogens (tertiary/aromatic N) is 3. The average molecular weight is 254 g/mol. The maximum atomic E-state index is 11.6. The number of non-ortho nitro benzene ring substituents is 1. The smallest absolute Gasteiger partial charge is 0.271 e. The van der Waals surface area contributed by atoms with Gasteiger partial charge in [-0.15, -0.1) is 11.6 Å². The molecule has 17 heavy (non-hydrogen) atoms. The Labute approximate surface area is 101 Å². The van der Waals surface area contributed by atoms with Crippen LogP contribution in [0.25, 0.3) is 11.0 Å². The summed E-state index contributed by atoms with van der Waals surface area (Å²) in [4.78, 5) is 25.8. The van der Waals surface area contributed by atoms with E-state index in [2.05, 4.69) is 4.98 Å². The van der Waals surface area contributed by atoms with Gasteiger partial charge in [-0.05, 0) is 13.0 Å². The zero-order valence-corrected chi connectivity index (χ0v) is 9.64. The van der Waals surface area contributed by atoms with E-state index in [1.807, 2.05) is 0 Å². The number of hydrogen-bond acceptors (Lipinski definition) is 4. The van der Waals surface area contributed by atoms with E-state index in [0.29, 0.717) is 16.9 Å². The van der Waals surface area contributed by atoms with Gasteiger partial charge in [0.2, 0.25) is 5.91 Å². The predicted octanol–water partition coefficient (Wildman–Crippen LogP) is 2.13. The van der Waals surface area contributed by atoms with Gasteiger partial charge in [0.25, 0.3) is 5.69 Å².